The van der Waals surface area contributed by atoms with Crippen molar-refractivity contribution in [1.29, 1.82) is 0 Å². The third kappa shape index (κ3) is 5.09. The predicted octanol–water partition coefficient (Wildman–Crippen LogP) is -0.705. The average Bonchev–Trinajstić information content (AvgIpc) is 2.25. The molecule has 0 aromatic rings. The molecule has 0 aliphatic heterocycles. The molecule has 0 aromatic heterocycles. The van der Waals surface area contributed by atoms with Gasteiger partial charge >= 0.3 is 0 Å². The van der Waals surface area contributed by atoms with Crippen LogP contribution in [0.5, 0.6) is 0 Å². The van der Waals surface area contributed by atoms with Gasteiger partial charge in [-0.2, -0.15) is 0 Å². The Kier molecular flexibility index (Phi) is 9.45. The predicted molar refractivity (Wildman–Crippen MR) is 68.9 cm³/mol. The number of quaternary nitrogens is 1. The molecule has 0 heterocycles. The maximum Gasteiger partial charge on any atom is 0.250 e. The van der Waals surface area contributed by atoms with Crippen LogP contribution >= 0.6 is 0 Å². The molecule has 4 heteroatoms. The number of hydrogen-bond acceptors (Lipinski definition) is 1. The second kappa shape index (κ2) is 8.54. The van der Waals surface area contributed by atoms with E-state index in [1.165, 1.54) is 0 Å². The van der Waals surface area contributed by atoms with Crippen LogP contribution in [0.3, 0.4) is 0 Å². The van der Waals surface area contributed by atoms with E-state index in [-0.39, 0.29) is 24.5 Å². The highest BCUT2D eigenvalue weighted by Crippen LogP contribution is 2.13. The highest BCUT2D eigenvalue weighted by atomic mass is 35.5. The van der Waals surface area contributed by atoms with Gasteiger partial charge in [-0.05, 0) is 27.2 Å². The van der Waals surface area contributed by atoms with Gasteiger partial charge in [-0.25, -0.2) is 0 Å². The van der Waals surface area contributed by atoms with Crippen LogP contribution in [0.4, 0.5) is 0 Å². The third-order valence-corrected chi connectivity index (χ3v) is 3.48. The Morgan fingerprint density at radius 1 is 1.29 bits per heavy atom. The number of nitrogens with one attached hydrogen (secondary N) is 1. The SMILES string of the molecule is C=C(C)C(=O)NC(C)[N+](CC)(CC)CCC.[Cl-]. The van der Waals surface area contributed by atoms with E-state index < -0.39 is 0 Å². The van der Waals surface area contributed by atoms with Crippen LogP contribution in [0.1, 0.15) is 41.0 Å². The first-order chi connectivity index (χ1) is 7.43. The molecule has 102 valence electrons. The van der Waals surface area contributed by atoms with Gasteiger partial charge in [0.2, 0.25) is 0 Å². The minimum atomic E-state index is -0.0343. The second-order valence-electron chi connectivity index (χ2n) is 4.50. The number of rotatable bonds is 7. The quantitative estimate of drug-likeness (QED) is 0.367. The molecule has 0 aromatic carbocycles. The summed E-state index contributed by atoms with van der Waals surface area (Å²) in [5.74, 6) is -0.0343. The normalized spacial score (nSPS) is 12.5. The van der Waals surface area contributed by atoms with Crippen molar-refractivity contribution in [1.82, 2.24) is 5.32 Å². The minimum Gasteiger partial charge on any atom is -1.00 e. The average molecular weight is 263 g/mol. The van der Waals surface area contributed by atoms with Gasteiger partial charge in [0.05, 0.1) is 19.6 Å². The highest BCUT2D eigenvalue weighted by molar-refractivity contribution is 5.92. The van der Waals surface area contributed by atoms with Crippen LogP contribution in [-0.4, -0.2) is 36.2 Å². The van der Waals surface area contributed by atoms with Gasteiger partial charge in [0.25, 0.3) is 5.91 Å². The number of carbonyl (C=O) groups excluding carboxylic acids is 1. The molecular formula is C13H27ClN2O. The topological polar surface area (TPSA) is 29.1 Å². The first kappa shape index (κ1) is 18.8. The first-order valence-corrected chi connectivity index (χ1v) is 6.25. The number of hydrogen-bond donors (Lipinski definition) is 1. The number of amides is 1. The fourth-order valence-electron chi connectivity index (χ4n) is 2.18. The molecule has 0 radical (unpaired) electrons. The fourth-order valence-corrected chi connectivity index (χ4v) is 2.18. The molecule has 0 bridgehead atoms. The van der Waals surface area contributed by atoms with Crippen LogP contribution in [0.15, 0.2) is 12.2 Å². The zero-order valence-electron chi connectivity index (χ0n) is 11.8. The van der Waals surface area contributed by atoms with Crippen molar-refractivity contribution < 1.29 is 21.7 Å². The zero-order valence-corrected chi connectivity index (χ0v) is 12.6. The van der Waals surface area contributed by atoms with Gasteiger partial charge in [0, 0.05) is 12.5 Å². The molecule has 17 heavy (non-hydrogen) atoms. The zero-order chi connectivity index (χ0) is 12.8. The van der Waals surface area contributed by atoms with Crippen LogP contribution in [0.2, 0.25) is 0 Å². The maximum atomic E-state index is 11.6. The summed E-state index contributed by atoms with van der Waals surface area (Å²) in [7, 11) is 0. The van der Waals surface area contributed by atoms with Gasteiger partial charge < -0.3 is 22.2 Å². The Balaban J connectivity index is 0. The van der Waals surface area contributed by atoms with E-state index in [1.807, 2.05) is 0 Å². The van der Waals surface area contributed by atoms with E-state index in [0.717, 1.165) is 30.5 Å². The molecule has 1 atom stereocenters. The summed E-state index contributed by atoms with van der Waals surface area (Å²) in [6, 6.07) is 0. The van der Waals surface area contributed by atoms with Crippen LogP contribution in [0, 0.1) is 0 Å². The number of halogens is 1. The lowest BCUT2D eigenvalue weighted by molar-refractivity contribution is -0.948. The van der Waals surface area contributed by atoms with Gasteiger partial charge in [-0.15, -0.1) is 0 Å². The van der Waals surface area contributed by atoms with Gasteiger partial charge in [-0.1, -0.05) is 13.5 Å². The summed E-state index contributed by atoms with van der Waals surface area (Å²) in [4.78, 5) is 11.6. The third-order valence-electron chi connectivity index (χ3n) is 3.48. The summed E-state index contributed by atoms with van der Waals surface area (Å²) < 4.78 is 0.940. The molecule has 1 N–H and O–H groups in total. The largest absolute Gasteiger partial charge is 1.00 e. The lowest BCUT2D eigenvalue weighted by Gasteiger charge is -2.42. The van der Waals surface area contributed by atoms with Crippen molar-refractivity contribution in [2.45, 2.75) is 47.2 Å². The van der Waals surface area contributed by atoms with Gasteiger partial charge in [0.1, 0.15) is 0 Å². The molecule has 1 amide bonds. The monoisotopic (exact) mass is 262 g/mol. The Hall–Kier alpha value is -0.540. The number of carbonyl (C=O) groups is 1. The van der Waals surface area contributed by atoms with Crippen molar-refractivity contribution in [2.75, 3.05) is 19.6 Å². The molecule has 0 fully saturated rings. The van der Waals surface area contributed by atoms with E-state index in [1.54, 1.807) is 6.92 Å². The standard InChI is InChI=1S/C13H26N2O.ClH/c1-7-10-15(8-2,9-3)12(6)14-13(16)11(4)5;/h12H,4,7-10H2,1-3,5-6H3;1H. The van der Waals surface area contributed by atoms with Crippen molar-refractivity contribution in [3.05, 3.63) is 12.2 Å². The number of nitrogens with zero attached hydrogens (tertiary/aromatic N) is 1. The molecule has 0 spiro atoms. The Bertz CT molecular complexity index is 250. The second-order valence-corrected chi connectivity index (χ2v) is 4.50. The van der Waals surface area contributed by atoms with E-state index in [9.17, 15) is 4.79 Å². The summed E-state index contributed by atoms with van der Waals surface area (Å²) >= 11 is 0. The maximum absolute atomic E-state index is 11.6. The molecule has 0 saturated carbocycles. The summed E-state index contributed by atoms with van der Waals surface area (Å²) in [5.41, 5.74) is 0.577. The Morgan fingerprint density at radius 3 is 2.06 bits per heavy atom. The molecule has 0 saturated heterocycles. The molecule has 0 rings (SSSR count). The lowest BCUT2D eigenvalue weighted by Crippen LogP contribution is -3.00. The van der Waals surface area contributed by atoms with Crippen molar-refractivity contribution in [3.63, 3.8) is 0 Å². The first-order valence-electron chi connectivity index (χ1n) is 6.25. The molecule has 0 aliphatic carbocycles. The van der Waals surface area contributed by atoms with Crippen LogP contribution in [0.25, 0.3) is 0 Å². The van der Waals surface area contributed by atoms with Gasteiger partial charge in [-0.3, -0.25) is 4.79 Å². The van der Waals surface area contributed by atoms with Crippen LogP contribution < -0.4 is 17.7 Å². The lowest BCUT2D eigenvalue weighted by atomic mass is 10.2. The minimum absolute atomic E-state index is 0. The van der Waals surface area contributed by atoms with Crippen molar-refractivity contribution >= 4 is 5.91 Å². The molecule has 3 nitrogen and oxygen atoms in total. The molecule has 1 unspecified atom stereocenters. The van der Waals surface area contributed by atoms with E-state index in [2.05, 4.69) is 39.6 Å². The highest BCUT2D eigenvalue weighted by Gasteiger charge is 2.30. The molecular weight excluding hydrogens is 236 g/mol. The van der Waals surface area contributed by atoms with Crippen molar-refractivity contribution in [3.8, 4) is 0 Å². The summed E-state index contributed by atoms with van der Waals surface area (Å²) in [6.45, 7) is 17.2. The smallest absolute Gasteiger partial charge is 0.250 e. The summed E-state index contributed by atoms with van der Waals surface area (Å²) in [6.07, 6.45) is 1.29. The molecule has 0 aliphatic rings. The fraction of sp³-hybridized carbons (Fsp3) is 0.769. The van der Waals surface area contributed by atoms with E-state index >= 15 is 0 Å². The van der Waals surface area contributed by atoms with Crippen LogP contribution in [-0.2, 0) is 4.79 Å². The Labute approximate surface area is 112 Å². The van der Waals surface area contributed by atoms with E-state index in [4.69, 9.17) is 0 Å². The van der Waals surface area contributed by atoms with Crippen molar-refractivity contribution in [2.24, 2.45) is 0 Å². The van der Waals surface area contributed by atoms with Gasteiger partial charge in [0.15, 0.2) is 6.17 Å². The summed E-state index contributed by atoms with van der Waals surface area (Å²) in [5, 5.41) is 3.04. The van der Waals surface area contributed by atoms with E-state index in [0.29, 0.717) is 5.57 Å². The Morgan fingerprint density at radius 2 is 1.76 bits per heavy atom.